The van der Waals surface area contributed by atoms with Crippen LogP contribution in [0.5, 0.6) is 0 Å². The summed E-state index contributed by atoms with van der Waals surface area (Å²) in [6.45, 7) is 9.80. The Hall–Kier alpha value is -3.08. The van der Waals surface area contributed by atoms with Crippen molar-refractivity contribution in [2.75, 3.05) is 5.32 Å². The Morgan fingerprint density at radius 2 is 1.72 bits per heavy atom. The predicted octanol–water partition coefficient (Wildman–Crippen LogP) is 4.78. The van der Waals surface area contributed by atoms with Gasteiger partial charge in [-0.3, -0.25) is 9.59 Å². The normalized spacial score (nSPS) is 13.1. The molecule has 3 N–H and O–H groups in total. The van der Waals surface area contributed by atoms with Crippen molar-refractivity contribution >= 4 is 23.6 Å². The fourth-order valence-electron chi connectivity index (χ4n) is 2.95. The van der Waals surface area contributed by atoms with Gasteiger partial charge < -0.3 is 15.7 Å². The van der Waals surface area contributed by atoms with Crippen molar-refractivity contribution in [1.82, 2.24) is 5.32 Å². The second kappa shape index (κ2) is 9.92. The van der Waals surface area contributed by atoms with Crippen molar-refractivity contribution in [3.8, 4) is 11.1 Å². The number of carbonyl (C=O) groups is 2. The summed E-state index contributed by atoms with van der Waals surface area (Å²) in [6, 6.07) is 12.1. The first kappa shape index (κ1) is 22.2. The number of carboxylic acid groups (broad SMARTS) is 1. The lowest BCUT2D eigenvalue weighted by Gasteiger charge is -2.14. The minimum absolute atomic E-state index is 0.426. The standard InChI is InChI=1S/C24H30N2O3/c1-6-17(4)25-21-10-7-19(8-11-21)22-14-15(2)20(13-16(22)3)9-12-23(27)26-18(5)24(28)29/h7-14,17-18,25H,6H2,1-5H3,(H,26,27)(H,28,29)/b12-9+/t17?,18-/m1/s1. The molecule has 0 aliphatic carbocycles. The molecule has 2 aromatic carbocycles. The maximum atomic E-state index is 11.9. The van der Waals surface area contributed by atoms with E-state index < -0.39 is 17.9 Å². The number of aliphatic carboxylic acids is 1. The Morgan fingerprint density at radius 1 is 1.07 bits per heavy atom. The lowest BCUT2D eigenvalue weighted by atomic mass is 9.94. The van der Waals surface area contributed by atoms with Crippen LogP contribution in [0.3, 0.4) is 0 Å². The summed E-state index contributed by atoms with van der Waals surface area (Å²) in [6.07, 6.45) is 4.16. The van der Waals surface area contributed by atoms with Crippen molar-refractivity contribution in [3.63, 3.8) is 0 Å². The first-order chi connectivity index (χ1) is 13.7. The van der Waals surface area contributed by atoms with E-state index in [1.807, 2.05) is 19.9 Å². The van der Waals surface area contributed by atoms with Crippen LogP contribution in [0.15, 0.2) is 42.5 Å². The summed E-state index contributed by atoms with van der Waals surface area (Å²) in [5, 5.41) is 14.7. The van der Waals surface area contributed by atoms with Crippen LogP contribution in [0.2, 0.25) is 0 Å². The molecule has 0 radical (unpaired) electrons. The van der Waals surface area contributed by atoms with Crippen LogP contribution in [0.4, 0.5) is 5.69 Å². The third-order valence-corrected chi connectivity index (χ3v) is 4.98. The molecular weight excluding hydrogens is 364 g/mol. The minimum Gasteiger partial charge on any atom is -0.480 e. The topological polar surface area (TPSA) is 78.4 Å². The average molecular weight is 395 g/mol. The van der Waals surface area contributed by atoms with Crippen LogP contribution < -0.4 is 10.6 Å². The predicted molar refractivity (Wildman–Crippen MR) is 119 cm³/mol. The number of amides is 1. The number of hydrogen-bond donors (Lipinski definition) is 3. The van der Waals surface area contributed by atoms with Gasteiger partial charge in [-0.25, -0.2) is 0 Å². The van der Waals surface area contributed by atoms with Gasteiger partial charge in [-0.2, -0.15) is 0 Å². The molecule has 5 nitrogen and oxygen atoms in total. The molecule has 0 saturated heterocycles. The second-order valence-electron chi connectivity index (χ2n) is 7.46. The van der Waals surface area contributed by atoms with E-state index in [4.69, 9.17) is 5.11 Å². The number of rotatable bonds is 8. The van der Waals surface area contributed by atoms with Crippen molar-refractivity contribution in [2.24, 2.45) is 0 Å². The number of benzene rings is 2. The number of carboxylic acids is 1. The van der Waals surface area contributed by atoms with E-state index in [1.165, 1.54) is 13.0 Å². The van der Waals surface area contributed by atoms with Gasteiger partial charge in [0, 0.05) is 17.8 Å². The number of carbonyl (C=O) groups excluding carboxylic acids is 1. The molecule has 0 aliphatic rings. The van der Waals surface area contributed by atoms with Gasteiger partial charge in [0.05, 0.1) is 0 Å². The molecule has 0 spiro atoms. The fourth-order valence-corrected chi connectivity index (χ4v) is 2.95. The molecule has 0 saturated carbocycles. The SMILES string of the molecule is CCC(C)Nc1ccc(-c2cc(C)c(/C=C/C(=O)N[C@H](C)C(=O)O)cc2C)cc1. The van der Waals surface area contributed by atoms with E-state index >= 15 is 0 Å². The second-order valence-corrected chi connectivity index (χ2v) is 7.46. The van der Waals surface area contributed by atoms with Crippen LogP contribution in [0, 0.1) is 13.8 Å². The third-order valence-electron chi connectivity index (χ3n) is 4.98. The molecule has 29 heavy (non-hydrogen) atoms. The average Bonchev–Trinajstić information content (AvgIpc) is 2.68. The first-order valence-corrected chi connectivity index (χ1v) is 9.90. The van der Waals surface area contributed by atoms with Gasteiger partial charge in [0.25, 0.3) is 0 Å². The Kier molecular flexibility index (Phi) is 7.59. The van der Waals surface area contributed by atoms with E-state index in [0.29, 0.717) is 6.04 Å². The Bertz CT molecular complexity index is 901. The smallest absolute Gasteiger partial charge is 0.325 e. The lowest BCUT2D eigenvalue weighted by Crippen LogP contribution is -2.37. The fraction of sp³-hybridized carbons (Fsp3) is 0.333. The summed E-state index contributed by atoms with van der Waals surface area (Å²) in [5.74, 6) is -1.49. The quantitative estimate of drug-likeness (QED) is 0.563. The maximum Gasteiger partial charge on any atom is 0.325 e. The zero-order valence-electron chi connectivity index (χ0n) is 17.7. The van der Waals surface area contributed by atoms with Crippen LogP contribution >= 0.6 is 0 Å². The Morgan fingerprint density at radius 3 is 2.31 bits per heavy atom. The summed E-state index contributed by atoms with van der Waals surface area (Å²) in [7, 11) is 0. The van der Waals surface area contributed by atoms with Crippen LogP contribution in [-0.4, -0.2) is 29.1 Å². The largest absolute Gasteiger partial charge is 0.480 e. The molecule has 154 valence electrons. The number of anilines is 1. The van der Waals surface area contributed by atoms with Crippen LogP contribution in [0.25, 0.3) is 17.2 Å². The van der Waals surface area contributed by atoms with Crippen molar-refractivity contribution in [3.05, 3.63) is 59.2 Å². The summed E-state index contributed by atoms with van der Waals surface area (Å²) in [5.41, 5.74) is 6.49. The first-order valence-electron chi connectivity index (χ1n) is 9.90. The van der Waals surface area contributed by atoms with E-state index in [1.54, 1.807) is 6.08 Å². The Balaban J connectivity index is 2.17. The van der Waals surface area contributed by atoms with Gasteiger partial charge in [0.2, 0.25) is 5.91 Å². The lowest BCUT2D eigenvalue weighted by molar-refractivity contribution is -0.140. The molecule has 0 aliphatic heterocycles. The molecular formula is C24H30N2O3. The zero-order valence-corrected chi connectivity index (χ0v) is 17.7. The molecule has 2 rings (SSSR count). The maximum absolute atomic E-state index is 11.9. The molecule has 5 heteroatoms. The van der Waals surface area contributed by atoms with Gasteiger partial charge >= 0.3 is 5.97 Å². The van der Waals surface area contributed by atoms with E-state index in [2.05, 4.69) is 54.8 Å². The summed E-state index contributed by atoms with van der Waals surface area (Å²) < 4.78 is 0. The molecule has 1 amide bonds. The number of aryl methyl sites for hydroxylation is 2. The molecule has 0 bridgehead atoms. The highest BCUT2D eigenvalue weighted by Gasteiger charge is 2.12. The minimum atomic E-state index is -1.06. The van der Waals surface area contributed by atoms with E-state index in [0.717, 1.165) is 39.9 Å². The summed E-state index contributed by atoms with van der Waals surface area (Å²) >= 11 is 0. The number of nitrogens with one attached hydrogen (secondary N) is 2. The summed E-state index contributed by atoms with van der Waals surface area (Å²) in [4.78, 5) is 22.7. The van der Waals surface area contributed by atoms with Gasteiger partial charge in [0.1, 0.15) is 6.04 Å². The van der Waals surface area contributed by atoms with Gasteiger partial charge in [0.15, 0.2) is 0 Å². The van der Waals surface area contributed by atoms with Gasteiger partial charge in [-0.1, -0.05) is 31.2 Å². The van der Waals surface area contributed by atoms with Crippen molar-refractivity contribution in [2.45, 2.75) is 53.1 Å². The van der Waals surface area contributed by atoms with Crippen LogP contribution in [0.1, 0.15) is 43.9 Å². The highest BCUT2D eigenvalue weighted by Crippen LogP contribution is 2.28. The monoisotopic (exact) mass is 394 g/mol. The van der Waals surface area contributed by atoms with E-state index in [9.17, 15) is 9.59 Å². The van der Waals surface area contributed by atoms with Gasteiger partial charge in [-0.15, -0.1) is 0 Å². The molecule has 0 heterocycles. The molecule has 1 unspecified atom stereocenters. The highest BCUT2D eigenvalue weighted by molar-refractivity contribution is 5.94. The zero-order chi connectivity index (χ0) is 21.6. The molecule has 0 fully saturated rings. The van der Waals surface area contributed by atoms with Gasteiger partial charge in [-0.05, 0) is 80.1 Å². The van der Waals surface area contributed by atoms with Crippen LogP contribution in [-0.2, 0) is 9.59 Å². The molecule has 2 atom stereocenters. The Labute approximate surface area is 172 Å². The highest BCUT2D eigenvalue weighted by atomic mass is 16.4. The molecule has 2 aromatic rings. The third kappa shape index (κ3) is 6.21. The number of hydrogen-bond acceptors (Lipinski definition) is 3. The van der Waals surface area contributed by atoms with E-state index in [-0.39, 0.29) is 0 Å². The van der Waals surface area contributed by atoms with Crippen molar-refractivity contribution < 1.29 is 14.7 Å². The van der Waals surface area contributed by atoms with Crippen molar-refractivity contribution in [1.29, 1.82) is 0 Å². The molecule has 0 aromatic heterocycles.